The van der Waals surface area contributed by atoms with E-state index in [0.717, 1.165) is 17.7 Å². The third kappa shape index (κ3) is 3.25. The van der Waals surface area contributed by atoms with Crippen LogP contribution >= 0.6 is 27.5 Å². The van der Waals surface area contributed by atoms with Crippen molar-refractivity contribution in [3.63, 3.8) is 0 Å². The molecule has 0 bridgehead atoms. The zero-order chi connectivity index (χ0) is 19.0. The minimum Gasteiger partial charge on any atom is -0.344 e. The highest BCUT2D eigenvalue weighted by Crippen LogP contribution is 2.39. The first-order chi connectivity index (χ1) is 12.3. The molecule has 2 amide bonds. The van der Waals surface area contributed by atoms with Crippen LogP contribution < -0.4 is 5.32 Å². The van der Waals surface area contributed by atoms with E-state index in [9.17, 15) is 9.59 Å². The van der Waals surface area contributed by atoms with Gasteiger partial charge in [-0.15, -0.1) is 0 Å². The van der Waals surface area contributed by atoms with Crippen LogP contribution in [0.2, 0.25) is 5.15 Å². The van der Waals surface area contributed by atoms with Gasteiger partial charge in [0.2, 0.25) is 11.8 Å². The first kappa shape index (κ1) is 18.9. The second-order valence-electron chi connectivity index (χ2n) is 6.42. The molecule has 2 aromatic rings. The molecule has 1 fully saturated rings. The number of anilines is 1. The van der Waals surface area contributed by atoms with Gasteiger partial charge in [-0.3, -0.25) is 14.3 Å². The van der Waals surface area contributed by atoms with E-state index < -0.39 is 5.92 Å². The zero-order valence-corrected chi connectivity index (χ0v) is 17.1. The van der Waals surface area contributed by atoms with Crippen molar-refractivity contribution in [2.24, 2.45) is 13.0 Å². The number of halogens is 2. The number of hydrogen-bond donors (Lipinski definition) is 1. The molecule has 1 aromatic heterocycles. The lowest BCUT2D eigenvalue weighted by molar-refractivity contribution is -0.135. The first-order valence-corrected chi connectivity index (χ1v) is 9.53. The van der Waals surface area contributed by atoms with E-state index in [2.05, 4.69) is 26.3 Å². The number of nitrogens with one attached hydrogen (secondary N) is 1. The smallest absolute Gasteiger partial charge is 0.237 e. The highest BCUT2D eigenvalue weighted by atomic mass is 79.9. The molecule has 0 saturated carbocycles. The number of likely N-dealkylation sites (N-methyl/N-ethyl adjacent to an activating group) is 1. The van der Waals surface area contributed by atoms with Crippen LogP contribution in [0.3, 0.4) is 0 Å². The van der Waals surface area contributed by atoms with Crippen LogP contribution in [0.15, 0.2) is 28.7 Å². The van der Waals surface area contributed by atoms with Gasteiger partial charge >= 0.3 is 0 Å². The lowest BCUT2D eigenvalue weighted by Gasteiger charge is -2.17. The molecule has 8 heteroatoms. The molecular formula is C18H20BrClN4O2. The maximum Gasteiger partial charge on any atom is 0.237 e. The summed E-state index contributed by atoms with van der Waals surface area (Å²) in [4.78, 5) is 27.2. The van der Waals surface area contributed by atoms with Gasteiger partial charge in [-0.05, 0) is 34.0 Å². The van der Waals surface area contributed by atoms with Crippen molar-refractivity contribution in [1.82, 2.24) is 14.7 Å². The van der Waals surface area contributed by atoms with Crippen molar-refractivity contribution in [3.8, 4) is 0 Å². The van der Waals surface area contributed by atoms with Gasteiger partial charge < -0.3 is 10.2 Å². The molecular weight excluding hydrogens is 420 g/mol. The van der Waals surface area contributed by atoms with E-state index in [0.29, 0.717) is 21.9 Å². The van der Waals surface area contributed by atoms with E-state index in [1.807, 2.05) is 31.2 Å². The summed E-state index contributed by atoms with van der Waals surface area (Å²) in [5.41, 5.74) is 2.39. The van der Waals surface area contributed by atoms with E-state index in [4.69, 9.17) is 11.6 Å². The summed E-state index contributed by atoms with van der Waals surface area (Å²) < 4.78 is 2.16. The number of para-hydroxylation sites is 1. The Bertz CT molecular complexity index is 867. The third-order valence-electron chi connectivity index (χ3n) is 4.75. The number of amides is 2. The van der Waals surface area contributed by atoms with Crippen molar-refractivity contribution >= 4 is 45.0 Å². The van der Waals surface area contributed by atoms with Crippen molar-refractivity contribution < 1.29 is 9.59 Å². The van der Waals surface area contributed by atoms with E-state index in [-0.39, 0.29) is 17.7 Å². The third-order valence-corrected chi connectivity index (χ3v) is 6.20. The van der Waals surface area contributed by atoms with Gasteiger partial charge in [0.15, 0.2) is 0 Å². The lowest BCUT2D eigenvalue weighted by atomic mass is 9.91. The quantitative estimate of drug-likeness (QED) is 0.744. The molecule has 0 aliphatic carbocycles. The predicted octanol–water partition coefficient (Wildman–Crippen LogP) is 3.21. The van der Waals surface area contributed by atoms with Gasteiger partial charge in [0, 0.05) is 32.2 Å². The van der Waals surface area contributed by atoms with Gasteiger partial charge in [0.25, 0.3) is 0 Å². The number of aromatic nitrogens is 2. The van der Waals surface area contributed by atoms with Gasteiger partial charge in [0.05, 0.1) is 10.2 Å². The number of rotatable bonds is 4. The number of aryl methyl sites for hydroxylation is 2. The van der Waals surface area contributed by atoms with Gasteiger partial charge in [0.1, 0.15) is 11.1 Å². The molecule has 1 N–H and O–H groups in total. The molecule has 0 unspecified atom stereocenters. The molecule has 6 nitrogen and oxygen atoms in total. The largest absolute Gasteiger partial charge is 0.344 e. The number of likely N-dealkylation sites (tertiary alicyclic amines) is 1. The van der Waals surface area contributed by atoms with Crippen LogP contribution in [0.25, 0.3) is 0 Å². The van der Waals surface area contributed by atoms with Crippen LogP contribution in [-0.2, 0) is 23.1 Å². The second-order valence-corrected chi connectivity index (χ2v) is 7.57. The van der Waals surface area contributed by atoms with Crippen LogP contribution in [0, 0.1) is 5.92 Å². The Morgan fingerprint density at radius 1 is 1.38 bits per heavy atom. The monoisotopic (exact) mass is 438 g/mol. The topological polar surface area (TPSA) is 67.2 Å². The fourth-order valence-corrected chi connectivity index (χ4v) is 4.10. The average molecular weight is 440 g/mol. The highest BCUT2D eigenvalue weighted by Gasteiger charge is 2.46. The molecule has 1 aromatic carbocycles. The minimum absolute atomic E-state index is 0.213. The molecule has 3 rings (SSSR count). The zero-order valence-electron chi connectivity index (χ0n) is 14.8. The number of hydrogen-bond acceptors (Lipinski definition) is 3. The molecule has 1 aliphatic rings. The van der Waals surface area contributed by atoms with Crippen LogP contribution in [-0.4, -0.2) is 40.1 Å². The SMILES string of the molecule is CCc1ccccc1NC(=O)[C@H]1C(=O)N(C)C[C@@H]1c1nn(C)c(Cl)c1Br. The predicted molar refractivity (Wildman–Crippen MR) is 104 cm³/mol. The molecule has 0 spiro atoms. The first-order valence-electron chi connectivity index (χ1n) is 8.36. The number of carbonyl (C=O) groups is 2. The molecule has 138 valence electrons. The number of carbonyl (C=O) groups excluding carboxylic acids is 2. The van der Waals surface area contributed by atoms with E-state index >= 15 is 0 Å². The molecule has 2 heterocycles. The summed E-state index contributed by atoms with van der Waals surface area (Å²) in [6.07, 6.45) is 0.791. The summed E-state index contributed by atoms with van der Waals surface area (Å²) >= 11 is 9.64. The normalized spacial score (nSPS) is 19.9. The molecule has 1 aliphatic heterocycles. The van der Waals surface area contributed by atoms with Crippen molar-refractivity contribution in [3.05, 3.63) is 45.1 Å². The van der Waals surface area contributed by atoms with E-state index in [1.165, 1.54) is 4.68 Å². The maximum absolute atomic E-state index is 13.0. The molecule has 2 atom stereocenters. The molecule has 1 saturated heterocycles. The fourth-order valence-electron chi connectivity index (χ4n) is 3.33. The second kappa shape index (κ2) is 7.40. The Balaban J connectivity index is 1.93. The molecule has 0 radical (unpaired) electrons. The number of benzene rings is 1. The Morgan fingerprint density at radius 3 is 2.69 bits per heavy atom. The Kier molecular flexibility index (Phi) is 5.39. The lowest BCUT2D eigenvalue weighted by Crippen LogP contribution is -2.33. The van der Waals surface area contributed by atoms with Crippen molar-refractivity contribution in [2.45, 2.75) is 19.3 Å². The Labute approximate surface area is 165 Å². The van der Waals surface area contributed by atoms with Gasteiger partial charge in [-0.25, -0.2) is 0 Å². The molecule has 26 heavy (non-hydrogen) atoms. The summed E-state index contributed by atoms with van der Waals surface area (Å²) in [6, 6.07) is 7.61. The van der Waals surface area contributed by atoms with E-state index in [1.54, 1.807) is 19.0 Å². The summed E-state index contributed by atoms with van der Waals surface area (Å²) in [7, 11) is 3.42. The summed E-state index contributed by atoms with van der Waals surface area (Å²) in [5.74, 6) is -1.74. The minimum atomic E-state index is -0.841. The van der Waals surface area contributed by atoms with Crippen molar-refractivity contribution in [1.29, 1.82) is 0 Å². The summed E-state index contributed by atoms with van der Waals surface area (Å²) in [5, 5.41) is 7.78. The van der Waals surface area contributed by atoms with Gasteiger partial charge in [-0.2, -0.15) is 5.10 Å². The Hall–Kier alpha value is -1.86. The maximum atomic E-state index is 13.0. The van der Waals surface area contributed by atoms with Crippen LogP contribution in [0.4, 0.5) is 5.69 Å². The standard InChI is InChI=1S/C18H20BrClN4O2/c1-4-10-7-5-6-8-12(10)21-17(25)13-11(9-23(2)18(13)26)15-14(19)16(20)24(3)22-15/h5-8,11,13H,4,9H2,1-3H3,(H,21,25)/t11-,13-/m0/s1. The fraction of sp³-hybridized carbons (Fsp3) is 0.389. The summed E-state index contributed by atoms with van der Waals surface area (Å²) in [6.45, 7) is 2.44. The van der Waals surface area contributed by atoms with Gasteiger partial charge in [-0.1, -0.05) is 36.7 Å². The van der Waals surface area contributed by atoms with Crippen LogP contribution in [0.1, 0.15) is 24.1 Å². The van der Waals surface area contributed by atoms with Crippen LogP contribution in [0.5, 0.6) is 0 Å². The van der Waals surface area contributed by atoms with Crippen molar-refractivity contribution in [2.75, 3.05) is 18.9 Å². The number of nitrogens with zero attached hydrogens (tertiary/aromatic N) is 3. The Morgan fingerprint density at radius 2 is 2.08 bits per heavy atom. The average Bonchev–Trinajstić information content (AvgIpc) is 3.06. The highest BCUT2D eigenvalue weighted by molar-refractivity contribution is 9.10.